The van der Waals surface area contributed by atoms with E-state index >= 15 is 0 Å². The van der Waals surface area contributed by atoms with Crippen LogP contribution >= 0.6 is 0 Å². The van der Waals surface area contributed by atoms with Crippen molar-refractivity contribution >= 4 is 33.2 Å². The van der Waals surface area contributed by atoms with Crippen LogP contribution in [0, 0.1) is 27.7 Å². The molecular formula is C35H46N4O2. The zero-order valence-electron chi connectivity index (χ0n) is 26.8. The molecule has 6 rings (SSSR count). The van der Waals surface area contributed by atoms with Crippen LogP contribution in [0.3, 0.4) is 0 Å². The van der Waals surface area contributed by atoms with E-state index in [4.69, 9.17) is 0 Å². The quantitative estimate of drug-likeness (QED) is 0.266. The van der Waals surface area contributed by atoms with E-state index in [0.717, 1.165) is 59.0 Å². The minimum atomic E-state index is 0.102. The molecule has 0 radical (unpaired) electrons. The van der Waals surface area contributed by atoms with Gasteiger partial charge in [-0.25, -0.2) is 0 Å². The zero-order chi connectivity index (χ0) is 30.2. The second kappa shape index (κ2) is 9.78. The van der Waals surface area contributed by atoms with Crippen molar-refractivity contribution in [2.24, 2.45) is 14.1 Å². The van der Waals surface area contributed by atoms with E-state index < -0.39 is 0 Å². The van der Waals surface area contributed by atoms with Gasteiger partial charge >= 0.3 is 0 Å². The Morgan fingerprint density at radius 3 is 1.71 bits per heavy atom. The van der Waals surface area contributed by atoms with E-state index in [-0.39, 0.29) is 22.2 Å². The molecule has 0 aliphatic carbocycles. The number of anilines is 2. The fourth-order valence-corrected chi connectivity index (χ4v) is 6.50. The average molecular weight is 555 g/mol. The summed E-state index contributed by atoms with van der Waals surface area (Å²) in [6, 6.07) is 8.88. The largest absolute Gasteiger partial charge is 0.380 e. The number of aryl methyl sites for hydroxylation is 6. The number of rotatable bonds is 0. The molecule has 1 N–H and O–H groups in total. The van der Waals surface area contributed by atoms with Gasteiger partial charge in [-0.15, -0.1) is 0 Å². The predicted octanol–water partition coefficient (Wildman–Crippen LogP) is 6.61. The van der Waals surface area contributed by atoms with Crippen LogP contribution in [0.4, 0.5) is 11.4 Å². The van der Waals surface area contributed by atoms with Crippen molar-refractivity contribution in [1.82, 2.24) is 9.13 Å². The van der Waals surface area contributed by atoms with Gasteiger partial charge in [-0.05, 0) is 128 Å². The SMILES string of the molecule is Cc1c(C)c2cc3c(cc2n(C)c1=O)N(C)C(C)(C)CC3.Cc1c(C)c2cc3c(cc2n(C)c1=O)NC(C)(C)CC3. The number of hydrogen-bond donors (Lipinski definition) is 1. The summed E-state index contributed by atoms with van der Waals surface area (Å²) in [4.78, 5) is 26.9. The number of hydrogen-bond acceptors (Lipinski definition) is 4. The van der Waals surface area contributed by atoms with Crippen LogP contribution in [-0.4, -0.2) is 27.3 Å². The summed E-state index contributed by atoms with van der Waals surface area (Å²) in [7, 11) is 5.89. The summed E-state index contributed by atoms with van der Waals surface area (Å²) in [5, 5.41) is 6.00. The van der Waals surface area contributed by atoms with Crippen LogP contribution in [0.2, 0.25) is 0 Å². The second-order valence-corrected chi connectivity index (χ2v) is 13.6. The first-order chi connectivity index (χ1) is 19.0. The van der Waals surface area contributed by atoms with Crippen molar-refractivity contribution in [2.45, 2.75) is 92.2 Å². The molecule has 6 nitrogen and oxygen atoms in total. The summed E-state index contributed by atoms with van der Waals surface area (Å²) in [6.07, 6.45) is 4.48. The van der Waals surface area contributed by atoms with Gasteiger partial charge in [-0.1, -0.05) is 0 Å². The van der Waals surface area contributed by atoms with Gasteiger partial charge in [0, 0.05) is 65.5 Å². The summed E-state index contributed by atoms with van der Waals surface area (Å²) in [6.45, 7) is 16.9. The highest BCUT2D eigenvalue weighted by atomic mass is 16.1. The van der Waals surface area contributed by atoms with Crippen molar-refractivity contribution in [3.8, 4) is 0 Å². The number of benzene rings is 2. The van der Waals surface area contributed by atoms with Crippen LogP contribution < -0.4 is 21.3 Å². The van der Waals surface area contributed by atoms with Crippen LogP contribution in [0.5, 0.6) is 0 Å². The summed E-state index contributed by atoms with van der Waals surface area (Å²) in [5.74, 6) is 0. The van der Waals surface area contributed by atoms with Gasteiger partial charge < -0.3 is 19.4 Å². The molecule has 218 valence electrons. The highest BCUT2D eigenvalue weighted by Gasteiger charge is 2.30. The Labute approximate surface area is 244 Å². The monoisotopic (exact) mass is 554 g/mol. The van der Waals surface area contributed by atoms with Crippen LogP contribution in [-0.2, 0) is 26.9 Å². The molecule has 41 heavy (non-hydrogen) atoms. The lowest BCUT2D eigenvalue weighted by Crippen LogP contribution is -2.44. The highest BCUT2D eigenvalue weighted by Crippen LogP contribution is 2.38. The third kappa shape index (κ3) is 4.75. The fraction of sp³-hybridized carbons (Fsp3) is 0.486. The van der Waals surface area contributed by atoms with Gasteiger partial charge in [0.1, 0.15) is 0 Å². The van der Waals surface area contributed by atoms with E-state index in [9.17, 15) is 9.59 Å². The molecular weight excluding hydrogens is 508 g/mol. The predicted molar refractivity (Wildman–Crippen MR) is 174 cm³/mol. The number of nitrogens with one attached hydrogen (secondary N) is 1. The molecule has 0 spiro atoms. The Kier molecular flexibility index (Phi) is 6.91. The van der Waals surface area contributed by atoms with Gasteiger partial charge in [-0.2, -0.15) is 0 Å². The lowest BCUT2D eigenvalue weighted by molar-refractivity contribution is 0.432. The third-order valence-electron chi connectivity index (χ3n) is 10.1. The van der Waals surface area contributed by atoms with Crippen LogP contribution in [0.1, 0.15) is 73.9 Å². The lowest BCUT2D eigenvalue weighted by atomic mass is 9.86. The van der Waals surface area contributed by atoms with Gasteiger partial charge in [0.05, 0.1) is 11.0 Å². The molecule has 0 saturated carbocycles. The molecule has 4 heterocycles. The van der Waals surface area contributed by atoms with Crippen molar-refractivity contribution in [2.75, 3.05) is 17.3 Å². The van der Waals surface area contributed by atoms with E-state index in [1.807, 2.05) is 34.9 Å². The smallest absolute Gasteiger partial charge is 0.253 e. The number of nitrogens with zero attached hydrogens (tertiary/aromatic N) is 3. The number of aromatic nitrogens is 2. The van der Waals surface area contributed by atoms with Gasteiger partial charge in [0.25, 0.3) is 11.1 Å². The van der Waals surface area contributed by atoms with Crippen molar-refractivity contribution in [1.29, 1.82) is 0 Å². The normalized spacial score (nSPS) is 17.0. The van der Waals surface area contributed by atoms with Crippen molar-refractivity contribution < 1.29 is 0 Å². The zero-order valence-corrected chi connectivity index (χ0v) is 26.8. The van der Waals surface area contributed by atoms with Gasteiger partial charge in [0.15, 0.2) is 0 Å². The van der Waals surface area contributed by atoms with Crippen molar-refractivity contribution in [3.05, 3.63) is 78.4 Å². The minimum Gasteiger partial charge on any atom is -0.380 e. The summed E-state index contributed by atoms with van der Waals surface area (Å²) < 4.78 is 3.55. The van der Waals surface area contributed by atoms with Crippen LogP contribution in [0.15, 0.2) is 33.9 Å². The Balaban J connectivity index is 0.000000165. The van der Waals surface area contributed by atoms with E-state index in [0.29, 0.717) is 0 Å². The molecule has 0 fully saturated rings. The minimum absolute atomic E-state index is 0.102. The molecule has 0 bridgehead atoms. The molecule has 4 aromatic rings. The van der Waals surface area contributed by atoms with E-state index in [1.54, 1.807) is 9.13 Å². The topological polar surface area (TPSA) is 59.3 Å². The maximum absolute atomic E-state index is 12.3. The fourth-order valence-electron chi connectivity index (χ4n) is 6.50. The molecule has 6 heteroatoms. The Morgan fingerprint density at radius 1 is 0.659 bits per heavy atom. The van der Waals surface area contributed by atoms with E-state index in [1.165, 1.54) is 33.3 Å². The number of pyridine rings is 2. The molecule has 0 amide bonds. The molecule has 0 saturated heterocycles. The highest BCUT2D eigenvalue weighted by molar-refractivity contribution is 5.89. The first-order valence-electron chi connectivity index (χ1n) is 14.8. The molecule has 0 atom stereocenters. The second-order valence-electron chi connectivity index (χ2n) is 13.6. The molecule has 2 aliphatic heterocycles. The first-order valence-corrected chi connectivity index (χ1v) is 14.8. The Bertz CT molecular complexity index is 1840. The summed E-state index contributed by atoms with van der Waals surface area (Å²) >= 11 is 0. The number of fused-ring (bicyclic) bond motifs is 4. The lowest BCUT2D eigenvalue weighted by Gasteiger charge is -2.43. The average Bonchev–Trinajstić information content (AvgIpc) is 2.93. The van der Waals surface area contributed by atoms with Gasteiger partial charge in [-0.3, -0.25) is 9.59 Å². The standard InChI is InChI=1S/C18H24N2O.C17H22N2O/c1-11-12(2)17(21)19(5)16-10-15-13(9-14(11)16)7-8-18(3,4)20(15)6;1-10-11(2)16(20)19(5)15-9-14-12(8-13(10)15)6-7-17(3,4)18-14/h9-10H,7-8H2,1-6H3;8-9,18H,6-7H2,1-5H3. The maximum Gasteiger partial charge on any atom is 0.253 e. The summed E-state index contributed by atoms with van der Waals surface area (Å²) in [5.41, 5.74) is 11.7. The van der Waals surface area contributed by atoms with Crippen molar-refractivity contribution in [3.63, 3.8) is 0 Å². The molecule has 2 aromatic carbocycles. The molecule has 2 aliphatic rings. The van der Waals surface area contributed by atoms with Crippen LogP contribution in [0.25, 0.3) is 21.8 Å². The molecule has 2 aromatic heterocycles. The molecule has 0 unspecified atom stereocenters. The first kappa shape index (κ1) is 29.0. The Hall–Kier alpha value is -3.54. The maximum atomic E-state index is 12.3. The third-order valence-corrected chi connectivity index (χ3v) is 10.1. The van der Waals surface area contributed by atoms with E-state index in [2.05, 4.69) is 76.1 Å². The Morgan fingerprint density at radius 2 is 1.15 bits per heavy atom. The van der Waals surface area contributed by atoms with Gasteiger partial charge in [0.2, 0.25) is 0 Å².